The number of aliphatic hydroxyl groups excluding tert-OH is 2. The maximum absolute atomic E-state index is 11.9. The number of aryl methyl sites for hydroxylation is 2. The van der Waals surface area contributed by atoms with Crippen LogP contribution in [0.2, 0.25) is 15.9 Å². The number of nitrogens with zero attached hydrogens (tertiary/aromatic N) is 3. The number of nitrogens with two attached hydrogens (primary N) is 1. The van der Waals surface area contributed by atoms with Gasteiger partial charge < -0.3 is 50.0 Å². The normalized spacial score (nSPS) is 15.1. The number of benzene rings is 3. The number of hydrogen-bond acceptors (Lipinski definition) is 19. The molecule has 116 heavy (non-hydrogen) atoms. The Labute approximate surface area is 741 Å². The number of aliphatic hydroxyl groups is 2. The van der Waals surface area contributed by atoms with Crippen molar-refractivity contribution in [1.82, 2.24) is 9.97 Å². The predicted molar refractivity (Wildman–Crippen MR) is 492 cm³/mol. The molecule has 10 heterocycles. The van der Waals surface area contributed by atoms with Gasteiger partial charge in [0.15, 0.2) is 11.6 Å². The summed E-state index contributed by atoms with van der Waals surface area (Å²) in [5, 5.41) is 32.5. The van der Waals surface area contributed by atoms with Crippen LogP contribution in [-0.4, -0.2) is 133 Å². The van der Waals surface area contributed by atoms with Crippen LogP contribution in [0, 0.1) is 11.8 Å². The third-order valence-corrected chi connectivity index (χ3v) is 21.7. The van der Waals surface area contributed by atoms with Crippen molar-refractivity contribution < 1.29 is 98.0 Å². The van der Waals surface area contributed by atoms with E-state index in [1.54, 1.807) is 47.5 Å². The molecule has 17 nitrogen and oxygen atoms in total. The zero-order chi connectivity index (χ0) is 85.6. The predicted octanol–water partition coefficient (Wildman–Crippen LogP) is 22.7. The fourth-order valence-corrected chi connectivity index (χ4v) is 13.7. The van der Waals surface area contributed by atoms with E-state index in [9.17, 15) is 27.6 Å². The molecule has 656 valence electrons. The van der Waals surface area contributed by atoms with Crippen molar-refractivity contribution in [3.8, 4) is 0 Å². The van der Waals surface area contributed by atoms with Crippen LogP contribution >= 0.6 is 69.6 Å². The minimum atomic E-state index is -5.01. The van der Waals surface area contributed by atoms with Gasteiger partial charge in [0, 0.05) is 111 Å². The Morgan fingerprint density at radius 1 is 0.586 bits per heavy atom. The van der Waals surface area contributed by atoms with Crippen LogP contribution in [0.3, 0.4) is 0 Å². The van der Waals surface area contributed by atoms with Crippen LogP contribution in [0.1, 0.15) is 259 Å². The molecule has 8 aromatic rings. The van der Waals surface area contributed by atoms with Crippen LogP contribution in [-0.2, 0) is 50.5 Å². The summed E-state index contributed by atoms with van der Waals surface area (Å²) in [4.78, 5) is 51.1. The van der Waals surface area contributed by atoms with E-state index in [2.05, 4.69) is 202 Å². The Morgan fingerprint density at radius 2 is 0.957 bits per heavy atom. The molecule has 29 heteroatoms. The van der Waals surface area contributed by atoms with Crippen LogP contribution < -0.4 is 29.5 Å². The summed E-state index contributed by atoms with van der Waals surface area (Å²) in [7, 11) is -0.302. The number of carbonyl (C=O) groups excluding carboxylic acids is 3. The van der Waals surface area contributed by atoms with Gasteiger partial charge in [-0.25, -0.2) is 0 Å². The second kappa shape index (κ2) is 64.1. The molecule has 5 fully saturated rings. The van der Waals surface area contributed by atoms with Gasteiger partial charge in [-0.2, -0.15) is 30.9 Å². The molecule has 4 N–H and O–H groups in total. The average Bonchev–Trinajstić information content (AvgIpc) is 1.60. The molecule has 0 spiro atoms. The van der Waals surface area contributed by atoms with Crippen LogP contribution in [0.4, 0.5) is 13.2 Å². The molecule has 0 radical (unpaired) electrons. The first kappa shape index (κ1) is 113. The van der Waals surface area contributed by atoms with E-state index in [4.69, 9.17) is 71.2 Å². The number of ether oxygens (including phenoxy) is 3. The maximum Gasteiger partial charge on any atom is 1.00 e. The van der Waals surface area contributed by atoms with E-state index in [0.717, 1.165) is 58.5 Å². The smallest absolute Gasteiger partial charge is 0.403 e. The van der Waals surface area contributed by atoms with Gasteiger partial charge >= 0.3 is 39.3 Å². The number of thiophene rings is 3. The van der Waals surface area contributed by atoms with E-state index in [1.807, 2.05) is 22.7 Å². The van der Waals surface area contributed by atoms with E-state index in [-0.39, 0.29) is 106 Å². The minimum absolute atomic E-state index is 0. The first-order valence-electron chi connectivity index (χ1n) is 39.9. The summed E-state index contributed by atoms with van der Waals surface area (Å²) in [6.45, 7) is 42.6. The standard InChI is InChI=1S/C20H29BO2S.C14H18S.C9H19BO2.C9H5ClF3NO2.C8H6S.C7H6ClNO.3C4H8O.C4H9.2C2H6O.ClH.Li.H2N2O.6H2/c1-6-7-8-9-14-17-15-12-10-11-13-16(15)18(24-17)21-22-19(2,3)20(4,5)23-21;1-2-3-4-5-10-14-13-9-7-6-8-12(13)11-15-14;1-7(2)10-11-8(3,4)9(5,6)12-10;10-5-1-2-14-6(3-5)7(15)4-8(16)9(11,12)13;1-2-4-8-6-9-5-7(8)3-1;1-5(10)7-4-6(8)2-3-9-7;3*1-2-4-5-3-1;1-3-4-2;2*1-2-3;;;1-2-3;;;;;;/h10-13H,6-9,14H2,1-5H3;6-9,11H,2-5,10H2,1H3;7H,1-6H3;1-3H,4H2;1-6H;2-4H,1H3;3*1-4H2;1,3-4H2,2H3;2*3H,2H2,1H3;1H;;(H2,1,3);6*1H/q;;;;;;;;;-1;;;;+1;;;;;;;. The number of halogens is 6. The number of Topliss-reactive ketones (excluding diaryl/α,β-unsaturated/α-hetero) is 3. The summed E-state index contributed by atoms with van der Waals surface area (Å²) in [6, 6.07) is 31.5. The zero-order valence-corrected chi connectivity index (χ0v) is 76.8. The van der Waals surface area contributed by atoms with Gasteiger partial charge in [-0.15, -0.1) is 40.0 Å². The number of hydrogen-bond donors (Lipinski definition) is 3. The number of carbonyl (C=O) groups is 3. The second-order valence-electron chi connectivity index (χ2n) is 29.1. The van der Waals surface area contributed by atoms with Crippen molar-refractivity contribution in [2.45, 2.75) is 267 Å². The Bertz CT molecular complexity index is 3810. The molecule has 0 bridgehead atoms. The summed E-state index contributed by atoms with van der Waals surface area (Å²) in [5.41, 5.74) is -0.782. The van der Waals surface area contributed by atoms with Crippen LogP contribution in [0.15, 0.2) is 131 Å². The summed E-state index contributed by atoms with van der Waals surface area (Å²) in [5.74, 6) is 1.16. The number of aromatic nitrogens is 2. The van der Waals surface area contributed by atoms with Gasteiger partial charge in [0.05, 0.1) is 28.8 Å². The average molecular weight is 1740 g/mol. The Balaban J connectivity index is -0.000000201. The first-order chi connectivity index (χ1) is 54.2. The molecule has 0 amide bonds. The van der Waals surface area contributed by atoms with Crippen molar-refractivity contribution in [1.29, 1.82) is 0 Å². The maximum atomic E-state index is 11.9. The molecule has 5 aliphatic rings. The van der Waals surface area contributed by atoms with Crippen molar-refractivity contribution in [2.24, 2.45) is 11.1 Å². The van der Waals surface area contributed by atoms with Crippen LogP contribution in [0.25, 0.3) is 32.3 Å². The van der Waals surface area contributed by atoms with Crippen LogP contribution in [0.5, 0.6) is 0 Å². The molecular weight excluding hydrogens is 1600 g/mol. The number of fused-ring (bicyclic) bond motifs is 3. The third kappa shape index (κ3) is 45.8. The van der Waals surface area contributed by atoms with E-state index in [0.29, 0.717) is 16.5 Å². The molecule has 0 unspecified atom stereocenters. The number of rotatable bonds is 17. The van der Waals surface area contributed by atoms with Gasteiger partial charge in [-0.1, -0.05) is 176 Å². The van der Waals surface area contributed by atoms with Crippen molar-refractivity contribution in [3.05, 3.63) is 169 Å². The molecule has 0 atom stereocenters. The minimum Gasteiger partial charge on any atom is -0.403 e. The monoisotopic (exact) mass is 1740 g/mol. The quantitative estimate of drug-likeness (QED) is 0.0112. The molecule has 13 rings (SSSR count). The fourth-order valence-electron chi connectivity index (χ4n) is 10.3. The Kier molecular flexibility index (Phi) is 62.7. The molecular formula is C87H143B2Cl3F3LiN4O13S3. The van der Waals surface area contributed by atoms with Crippen molar-refractivity contribution in [3.63, 3.8) is 0 Å². The van der Waals surface area contributed by atoms with E-state index in [1.165, 1.54) is 170 Å². The number of pyridine rings is 2. The molecule has 0 saturated carbocycles. The Hall–Kier alpha value is -4.72. The Morgan fingerprint density at radius 3 is 1.31 bits per heavy atom. The first-order valence-corrected chi connectivity index (χ1v) is 43.3. The largest absolute Gasteiger partial charge is 1.00 e. The SMILES string of the molecule is C1CCOC1.C1CCOC1.C1CCOC1.CC(=O)c1cc(Cl)ccn1.CC(C)B1OC(C)(C)C(C)(C)O1.CCCCCCc1sc(B2OC(C)(C)C(C)(C)O2)c2ccccc12.CCCCCCc1scc2ccccc12.CCO.CCO.Cl.NN=O.O=C(CC(=O)C(F)(F)F)c1cc(Cl)ccn1.[CH2-]CCC.[HH].[HH].[HH].[HH].[HH].[HH].[Li+].c1ccc2cscc2c1. The summed E-state index contributed by atoms with van der Waals surface area (Å²) < 4.78 is 75.8. The number of nitroso groups, excluding NO2 is 1. The molecule has 0 aliphatic carbocycles. The van der Waals surface area contributed by atoms with Gasteiger partial charge in [-0.05, 0) is 212 Å². The van der Waals surface area contributed by atoms with E-state index >= 15 is 0 Å². The molecule has 5 saturated heterocycles. The molecule has 3 aromatic carbocycles. The number of alkyl halides is 3. The number of ketones is 3. The molecule has 5 aromatic heterocycles. The number of unbranched alkanes of at least 4 members (excludes halogenated alkanes) is 7. The summed E-state index contributed by atoms with van der Waals surface area (Å²) in [6.07, 6.45) is 19.4. The van der Waals surface area contributed by atoms with Gasteiger partial charge in [0.2, 0.25) is 5.78 Å². The zero-order valence-electron chi connectivity index (χ0n) is 72.0. The summed E-state index contributed by atoms with van der Waals surface area (Å²) >= 11 is 16.7. The third-order valence-electron chi connectivity index (χ3n) is 18.1. The van der Waals surface area contributed by atoms with E-state index < -0.39 is 24.2 Å². The topological polar surface area (TPSA) is 238 Å². The fraction of sp³-hybridized carbons (Fsp3) is 0.563. The molecule has 5 aliphatic heterocycles. The van der Waals surface area contributed by atoms with Gasteiger partial charge in [0.1, 0.15) is 11.4 Å². The van der Waals surface area contributed by atoms with Crippen molar-refractivity contribution >= 4 is 138 Å². The van der Waals surface area contributed by atoms with Crippen molar-refractivity contribution in [2.75, 3.05) is 52.9 Å². The second-order valence-corrected chi connectivity index (χ2v) is 32.8. The van der Waals surface area contributed by atoms with Gasteiger partial charge in [0.25, 0.3) is 0 Å². The van der Waals surface area contributed by atoms with Gasteiger partial charge in [-0.3, -0.25) is 30.2 Å².